The van der Waals surface area contributed by atoms with Crippen LogP contribution in [0.5, 0.6) is 5.75 Å². The Morgan fingerprint density at radius 3 is 2.76 bits per heavy atom. The molecule has 0 spiro atoms. The van der Waals surface area contributed by atoms with Crippen LogP contribution in [-0.4, -0.2) is 42.7 Å². The summed E-state index contributed by atoms with van der Waals surface area (Å²) in [6.07, 6.45) is 1.00. The summed E-state index contributed by atoms with van der Waals surface area (Å²) in [6.45, 7) is 3.39. The smallest absolute Gasteiger partial charge is 0.269 e. The number of nitrogens with two attached hydrogens (primary N) is 1. The maximum absolute atomic E-state index is 12.6. The van der Waals surface area contributed by atoms with Crippen LogP contribution in [0.15, 0.2) is 48.5 Å². The number of benzene rings is 2. The number of nitrogen functional groups attached to an aromatic ring is 1. The van der Waals surface area contributed by atoms with Crippen LogP contribution in [0, 0.1) is 0 Å². The van der Waals surface area contributed by atoms with Crippen LogP contribution < -0.4 is 15.9 Å². The number of carbonyl (C=O) groups is 1. The zero-order chi connectivity index (χ0) is 17.6. The van der Waals surface area contributed by atoms with E-state index in [4.69, 9.17) is 10.5 Å². The van der Waals surface area contributed by atoms with E-state index >= 15 is 0 Å². The first-order valence-electron chi connectivity index (χ1n) is 8.41. The van der Waals surface area contributed by atoms with E-state index in [2.05, 4.69) is 22.5 Å². The van der Waals surface area contributed by atoms with Gasteiger partial charge in [-0.15, -0.1) is 0 Å². The summed E-state index contributed by atoms with van der Waals surface area (Å²) >= 11 is 0. The Balaban J connectivity index is 1.62. The maximum Gasteiger partial charge on any atom is 0.269 e. The number of anilines is 1. The van der Waals surface area contributed by atoms with Crippen molar-refractivity contribution in [1.29, 1.82) is 0 Å². The molecule has 0 atom stereocenters. The number of hydrogen-bond acceptors (Lipinski definition) is 5. The average molecular weight is 340 g/mol. The molecule has 0 bridgehead atoms. The van der Waals surface area contributed by atoms with Crippen molar-refractivity contribution in [3.05, 3.63) is 59.7 Å². The van der Waals surface area contributed by atoms with Crippen LogP contribution in [0.4, 0.5) is 5.69 Å². The first-order valence-corrected chi connectivity index (χ1v) is 8.41. The number of methoxy groups -OCH3 is 1. The topological polar surface area (TPSA) is 70.8 Å². The molecule has 132 valence electrons. The number of nitrogens with zero attached hydrogens (tertiary/aromatic N) is 2. The fraction of sp³-hybridized carbons (Fsp3) is 0.316. The highest BCUT2D eigenvalue weighted by molar-refractivity contribution is 5.97. The molecule has 25 heavy (non-hydrogen) atoms. The molecule has 0 aromatic heterocycles. The van der Waals surface area contributed by atoms with E-state index in [0.717, 1.165) is 26.1 Å². The van der Waals surface area contributed by atoms with Gasteiger partial charge >= 0.3 is 0 Å². The second-order valence-electron chi connectivity index (χ2n) is 6.20. The molecule has 1 heterocycles. The molecule has 1 saturated heterocycles. The van der Waals surface area contributed by atoms with Crippen LogP contribution in [0.2, 0.25) is 0 Å². The Morgan fingerprint density at radius 2 is 2.00 bits per heavy atom. The molecule has 6 heteroatoms. The van der Waals surface area contributed by atoms with Crippen molar-refractivity contribution < 1.29 is 9.53 Å². The molecule has 3 N–H and O–H groups in total. The summed E-state index contributed by atoms with van der Waals surface area (Å²) in [7, 11) is 1.55. The minimum atomic E-state index is -0.203. The highest BCUT2D eigenvalue weighted by Crippen LogP contribution is 2.21. The predicted octanol–water partition coefficient (Wildman–Crippen LogP) is 2.09. The van der Waals surface area contributed by atoms with Gasteiger partial charge in [-0.1, -0.05) is 30.3 Å². The van der Waals surface area contributed by atoms with Crippen LogP contribution >= 0.6 is 0 Å². The van der Waals surface area contributed by atoms with Crippen LogP contribution in [0.1, 0.15) is 22.3 Å². The highest BCUT2D eigenvalue weighted by atomic mass is 16.5. The second-order valence-corrected chi connectivity index (χ2v) is 6.20. The molecule has 0 unspecified atom stereocenters. The number of carbonyl (C=O) groups excluding carboxylic acids is 1. The summed E-state index contributed by atoms with van der Waals surface area (Å²) in [6, 6.07) is 15.4. The van der Waals surface area contributed by atoms with Crippen molar-refractivity contribution >= 4 is 11.6 Å². The molecule has 1 fully saturated rings. The monoisotopic (exact) mass is 340 g/mol. The Morgan fingerprint density at radius 1 is 1.20 bits per heavy atom. The third-order valence-corrected chi connectivity index (χ3v) is 4.25. The standard InChI is InChI=1S/C19H24N4O2/c1-25-18-9-8-16(20)12-17(18)19(24)21-23-11-5-10-22(14-23)13-15-6-3-2-4-7-15/h2-4,6-9,12H,5,10-11,13-14,20H2,1H3,(H,21,24). The lowest BCUT2D eigenvalue weighted by molar-refractivity contribution is 0.0344. The Bertz CT molecular complexity index is 721. The Hall–Kier alpha value is -2.57. The molecule has 0 saturated carbocycles. The number of rotatable bonds is 5. The summed E-state index contributed by atoms with van der Waals surface area (Å²) in [5.74, 6) is 0.315. The largest absolute Gasteiger partial charge is 0.496 e. The minimum Gasteiger partial charge on any atom is -0.496 e. The molecular weight excluding hydrogens is 316 g/mol. The van der Waals surface area contributed by atoms with Gasteiger partial charge in [0.1, 0.15) is 5.75 Å². The van der Waals surface area contributed by atoms with E-state index in [1.807, 2.05) is 23.2 Å². The number of amides is 1. The molecule has 0 radical (unpaired) electrons. The number of hydrazine groups is 1. The normalized spacial score (nSPS) is 15.7. The highest BCUT2D eigenvalue weighted by Gasteiger charge is 2.21. The molecule has 1 aliphatic rings. The second kappa shape index (κ2) is 8.00. The van der Waals surface area contributed by atoms with Gasteiger partial charge in [-0.2, -0.15) is 0 Å². The molecule has 0 aliphatic carbocycles. The number of nitrogens with one attached hydrogen (secondary N) is 1. The van der Waals surface area contributed by atoms with Gasteiger partial charge in [0, 0.05) is 25.3 Å². The summed E-state index contributed by atoms with van der Waals surface area (Å²) < 4.78 is 5.27. The average Bonchev–Trinajstić information content (AvgIpc) is 2.63. The van der Waals surface area contributed by atoms with Crippen LogP contribution in [0.3, 0.4) is 0 Å². The minimum absolute atomic E-state index is 0.203. The van der Waals surface area contributed by atoms with E-state index in [9.17, 15) is 4.79 Å². The lowest BCUT2D eigenvalue weighted by atomic mass is 10.1. The molecule has 3 rings (SSSR count). The Kier molecular flexibility index (Phi) is 5.53. The van der Waals surface area contributed by atoms with Gasteiger partial charge in [0.2, 0.25) is 0 Å². The molecule has 2 aromatic carbocycles. The van der Waals surface area contributed by atoms with Crippen molar-refractivity contribution in [3.63, 3.8) is 0 Å². The van der Waals surface area contributed by atoms with Crippen LogP contribution in [-0.2, 0) is 6.54 Å². The Labute approximate surface area is 148 Å². The van der Waals surface area contributed by atoms with Crippen molar-refractivity contribution in [2.24, 2.45) is 0 Å². The lowest BCUT2D eigenvalue weighted by Gasteiger charge is -2.35. The van der Waals surface area contributed by atoms with Crippen molar-refractivity contribution in [2.75, 3.05) is 32.6 Å². The molecular formula is C19H24N4O2. The SMILES string of the molecule is COc1ccc(N)cc1C(=O)NN1CCCN(Cc2ccccc2)C1. The van der Waals surface area contributed by atoms with E-state index in [1.54, 1.807) is 25.3 Å². The van der Waals surface area contributed by atoms with Crippen molar-refractivity contribution in [2.45, 2.75) is 13.0 Å². The van der Waals surface area contributed by atoms with Gasteiger partial charge in [-0.3, -0.25) is 15.1 Å². The van der Waals surface area contributed by atoms with E-state index < -0.39 is 0 Å². The van der Waals surface area contributed by atoms with E-state index in [1.165, 1.54) is 5.56 Å². The van der Waals surface area contributed by atoms with E-state index in [0.29, 0.717) is 23.7 Å². The van der Waals surface area contributed by atoms with Gasteiger partial charge in [-0.05, 0) is 30.2 Å². The van der Waals surface area contributed by atoms with Gasteiger partial charge in [-0.25, -0.2) is 5.01 Å². The molecule has 2 aromatic rings. The molecule has 1 aliphatic heterocycles. The first-order chi connectivity index (χ1) is 12.2. The van der Waals surface area contributed by atoms with E-state index in [-0.39, 0.29) is 5.91 Å². The summed E-state index contributed by atoms with van der Waals surface area (Å²) in [4.78, 5) is 14.9. The summed E-state index contributed by atoms with van der Waals surface area (Å²) in [5.41, 5.74) is 11.0. The number of hydrogen-bond donors (Lipinski definition) is 2. The molecule has 1 amide bonds. The maximum atomic E-state index is 12.6. The lowest BCUT2D eigenvalue weighted by Crippen LogP contribution is -2.52. The fourth-order valence-electron chi connectivity index (χ4n) is 3.04. The van der Waals surface area contributed by atoms with Crippen molar-refractivity contribution in [3.8, 4) is 5.75 Å². The van der Waals surface area contributed by atoms with Gasteiger partial charge < -0.3 is 10.5 Å². The van der Waals surface area contributed by atoms with Gasteiger partial charge in [0.05, 0.1) is 19.3 Å². The van der Waals surface area contributed by atoms with Gasteiger partial charge in [0.25, 0.3) is 5.91 Å². The summed E-state index contributed by atoms with van der Waals surface area (Å²) in [5, 5.41) is 1.94. The zero-order valence-electron chi connectivity index (χ0n) is 14.4. The van der Waals surface area contributed by atoms with Crippen LogP contribution in [0.25, 0.3) is 0 Å². The number of ether oxygens (including phenoxy) is 1. The predicted molar refractivity (Wildman–Crippen MR) is 97.9 cm³/mol. The third kappa shape index (κ3) is 4.49. The quantitative estimate of drug-likeness (QED) is 0.816. The first kappa shape index (κ1) is 17.3. The molecule has 6 nitrogen and oxygen atoms in total. The van der Waals surface area contributed by atoms with Gasteiger partial charge in [0.15, 0.2) is 0 Å². The third-order valence-electron chi connectivity index (χ3n) is 4.25. The van der Waals surface area contributed by atoms with Crippen molar-refractivity contribution in [1.82, 2.24) is 15.3 Å². The fourth-order valence-corrected chi connectivity index (χ4v) is 3.04. The zero-order valence-corrected chi connectivity index (χ0v) is 14.4.